The van der Waals surface area contributed by atoms with Crippen molar-refractivity contribution in [1.82, 2.24) is 9.80 Å². The van der Waals surface area contributed by atoms with Crippen molar-refractivity contribution >= 4 is 11.8 Å². The molecule has 1 heterocycles. The van der Waals surface area contributed by atoms with E-state index in [4.69, 9.17) is 4.42 Å². The SMILES string of the molecule is C=CCN(CC(=O)N(CCc1ccccc1)Cc1ccc(C)o1)C(=O)C1CC1. The third-order valence-electron chi connectivity index (χ3n) is 4.92. The number of nitrogens with zero attached hydrogens (tertiary/aromatic N) is 2. The Morgan fingerprint density at radius 2 is 1.89 bits per heavy atom. The lowest BCUT2D eigenvalue weighted by Gasteiger charge is -2.27. The highest BCUT2D eigenvalue weighted by Gasteiger charge is 2.34. The molecule has 5 heteroatoms. The normalized spacial score (nSPS) is 13.2. The molecule has 0 N–H and O–H groups in total. The molecule has 148 valence electrons. The molecule has 2 amide bonds. The minimum atomic E-state index is -0.0687. The van der Waals surface area contributed by atoms with Crippen LogP contribution in [0.5, 0.6) is 0 Å². The first-order valence-electron chi connectivity index (χ1n) is 9.83. The molecule has 0 bridgehead atoms. The van der Waals surface area contributed by atoms with E-state index in [1.54, 1.807) is 15.9 Å². The van der Waals surface area contributed by atoms with E-state index in [-0.39, 0.29) is 24.3 Å². The summed E-state index contributed by atoms with van der Waals surface area (Å²) >= 11 is 0. The second-order valence-corrected chi connectivity index (χ2v) is 7.34. The summed E-state index contributed by atoms with van der Waals surface area (Å²) in [5.74, 6) is 1.65. The number of hydrogen-bond donors (Lipinski definition) is 0. The van der Waals surface area contributed by atoms with Crippen LogP contribution in [0, 0.1) is 12.8 Å². The predicted molar refractivity (Wildman–Crippen MR) is 109 cm³/mol. The highest BCUT2D eigenvalue weighted by molar-refractivity contribution is 5.87. The molecule has 1 saturated carbocycles. The Kier molecular flexibility index (Phi) is 6.69. The van der Waals surface area contributed by atoms with Crippen LogP contribution in [0.25, 0.3) is 0 Å². The summed E-state index contributed by atoms with van der Waals surface area (Å²) in [7, 11) is 0. The van der Waals surface area contributed by atoms with Crippen LogP contribution in [0.4, 0.5) is 0 Å². The van der Waals surface area contributed by atoms with Crippen molar-refractivity contribution in [3.8, 4) is 0 Å². The summed E-state index contributed by atoms with van der Waals surface area (Å²) in [5.41, 5.74) is 1.17. The summed E-state index contributed by atoms with van der Waals surface area (Å²) in [6.07, 6.45) is 4.27. The van der Waals surface area contributed by atoms with E-state index in [1.165, 1.54) is 5.56 Å². The number of amides is 2. The first kappa shape index (κ1) is 19.9. The van der Waals surface area contributed by atoms with Gasteiger partial charge < -0.3 is 14.2 Å². The van der Waals surface area contributed by atoms with Gasteiger partial charge in [0, 0.05) is 19.0 Å². The molecule has 1 aromatic carbocycles. The van der Waals surface area contributed by atoms with Crippen LogP contribution in [-0.4, -0.2) is 41.2 Å². The van der Waals surface area contributed by atoms with Crippen molar-refractivity contribution in [3.63, 3.8) is 0 Å². The lowest BCUT2D eigenvalue weighted by atomic mass is 10.1. The minimum absolute atomic E-state index is 0.0603. The van der Waals surface area contributed by atoms with Crippen LogP contribution in [0.2, 0.25) is 0 Å². The van der Waals surface area contributed by atoms with Crippen LogP contribution >= 0.6 is 0 Å². The van der Waals surface area contributed by atoms with Gasteiger partial charge in [0.15, 0.2) is 0 Å². The first-order valence-corrected chi connectivity index (χ1v) is 9.83. The number of hydrogen-bond acceptors (Lipinski definition) is 3. The Bertz CT molecular complexity index is 808. The second-order valence-electron chi connectivity index (χ2n) is 7.34. The van der Waals surface area contributed by atoms with E-state index in [0.29, 0.717) is 19.6 Å². The molecule has 1 aromatic heterocycles. The van der Waals surface area contributed by atoms with Gasteiger partial charge in [-0.05, 0) is 43.9 Å². The van der Waals surface area contributed by atoms with Crippen molar-refractivity contribution in [2.75, 3.05) is 19.6 Å². The van der Waals surface area contributed by atoms with Crippen molar-refractivity contribution in [2.24, 2.45) is 5.92 Å². The number of rotatable bonds is 10. The van der Waals surface area contributed by atoms with Crippen molar-refractivity contribution in [2.45, 2.75) is 32.7 Å². The van der Waals surface area contributed by atoms with Gasteiger partial charge in [-0.25, -0.2) is 0 Å². The second kappa shape index (κ2) is 9.40. The number of carbonyl (C=O) groups is 2. The molecule has 0 saturated heterocycles. The zero-order chi connectivity index (χ0) is 19.9. The molecule has 1 aliphatic rings. The Morgan fingerprint density at radius 1 is 1.14 bits per heavy atom. The Labute approximate surface area is 166 Å². The van der Waals surface area contributed by atoms with Gasteiger partial charge in [0.05, 0.1) is 6.54 Å². The van der Waals surface area contributed by atoms with Crippen LogP contribution in [0.15, 0.2) is 59.5 Å². The quantitative estimate of drug-likeness (QED) is 0.592. The highest BCUT2D eigenvalue weighted by Crippen LogP contribution is 2.31. The summed E-state index contributed by atoms with van der Waals surface area (Å²) in [5, 5.41) is 0. The number of furan rings is 1. The zero-order valence-electron chi connectivity index (χ0n) is 16.5. The van der Waals surface area contributed by atoms with E-state index >= 15 is 0 Å². The summed E-state index contributed by atoms with van der Waals surface area (Å²) < 4.78 is 5.67. The lowest BCUT2D eigenvalue weighted by Crippen LogP contribution is -2.44. The highest BCUT2D eigenvalue weighted by atomic mass is 16.3. The van der Waals surface area contributed by atoms with E-state index in [2.05, 4.69) is 18.7 Å². The zero-order valence-corrected chi connectivity index (χ0v) is 16.5. The molecule has 0 spiro atoms. The smallest absolute Gasteiger partial charge is 0.242 e. The molecule has 1 aliphatic carbocycles. The predicted octanol–water partition coefficient (Wildman–Crippen LogP) is 3.58. The molecule has 0 radical (unpaired) electrons. The maximum Gasteiger partial charge on any atom is 0.242 e. The van der Waals surface area contributed by atoms with Gasteiger partial charge in [-0.3, -0.25) is 9.59 Å². The van der Waals surface area contributed by atoms with Gasteiger partial charge >= 0.3 is 0 Å². The first-order chi connectivity index (χ1) is 13.6. The molecular formula is C23H28N2O3. The minimum Gasteiger partial charge on any atom is -0.464 e. The molecule has 1 fully saturated rings. The Hall–Kier alpha value is -2.82. The van der Waals surface area contributed by atoms with Crippen molar-refractivity contribution < 1.29 is 14.0 Å². The average molecular weight is 380 g/mol. The van der Waals surface area contributed by atoms with E-state index in [9.17, 15) is 9.59 Å². The maximum atomic E-state index is 13.1. The molecule has 28 heavy (non-hydrogen) atoms. The maximum absolute atomic E-state index is 13.1. The van der Waals surface area contributed by atoms with Gasteiger partial charge in [0.2, 0.25) is 11.8 Å². The van der Waals surface area contributed by atoms with Gasteiger partial charge in [-0.15, -0.1) is 6.58 Å². The van der Waals surface area contributed by atoms with Crippen LogP contribution in [-0.2, 0) is 22.6 Å². The van der Waals surface area contributed by atoms with Gasteiger partial charge in [0.1, 0.15) is 18.1 Å². The number of aryl methyl sites for hydroxylation is 1. The van der Waals surface area contributed by atoms with Gasteiger partial charge in [-0.1, -0.05) is 36.4 Å². The molecule has 0 unspecified atom stereocenters. The largest absolute Gasteiger partial charge is 0.464 e. The van der Waals surface area contributed by atoms with E-state index < -0.39 is 0 Å². The Balaban J connectivity index is 1.68. The summed E-state index contributed by atoms with van der Waals surface area (Å²) in [6, 6.07) is 13.9. The van der Waals surface area contributed by atoms with E-state index in [1.807, 2.05) is 37.3 Å². The Morgan fingerprint density at radius 3 is 2.50 bits per heavy atom. The summed E-state index contributed by atoms with van der Waals surface area (Å²) in [6.45, 7) is 7.07. The fourth-order valence-corrected chi connectivity index (χ4v) is 3.20. The number of carbonyl (C=O) groups excluding carboxylic acids is 2. The molecule has 5 nitrogen and oxygen atoms in total. The van der Waals surface area contributed by atoms with Gasteiger partial charge in [0.25, 0.3) is 0 Å². The molecule has 2 aromatic rings. The van der Waals surface area contributed by atoms with Crippen molar-refractivity contribution in [1.29, 1.82) is 0 Å². The lowest BCUT2D eigenvalue weighted by molar-refractivity contribution is -0.141. The van der Waals surface area contributed by atoms with E-state index in [0.717, 1.165) is 30.8 Å². The van der Waals surface area contributed by atoms with Gasteiger partial charge in [-0.2, -0.15) is 0 Å². The third-order valence-corrected chi connectivity index (χ3v) is 4.92. The molecule has 0 atom stereocenters. The summed E-state index contributed by atoms with van der Waals surface area (Å²) in [4.78, 5) is 28.9. The van der Waals surface area contributed by atoms with Crippen LogP contribution in [0.1, 0.15) is 29.9 Å². The average Bonchev–Trinajstić information content (AvgIpc) is 3.47. The molecule has 3 rings (SSSR count). The van der Waals surface area contributed by atoms with Crippen molar-refractivity contribution in [3.05, 3.63) is 72.2 Å². The molecular weight excluding hydrogens is 352 g/mol. The monoisotopic (exact) mass is 380 g/mol. The fraction of sp³-hybridized carbons (Fsp3) is 0.391. The number of benzene rings is 1. The standard InChI is InChI=1S/C23H28N2O3/c1-3-14-25(23(27)20-10-11-20)17-22(26)24(16-21-12-9-18(2)28-21)15-13-19-7-5-4-6-8-19/h3-9,12,20H,1,10-11,13-17H2,2H3. The molecule has 0 aliphatic heterocycles. The topological polar surface area (TPSA) is 53.8 Å². The third kappa shape index (κ3) is 5.59. The fourth-order valence-electron chi connectivity index (χ4n) is 3.20. The van der Waals surface area contributed by atoms with Crippen LogP contribution in [0.3, 0.4) is 0 Å². The van der Waals surface area contributed by atoms with Crippen LogP contribution < -0.4 is 0 Å².